The molecule has 23 heavy (non-hydrogen) atoms. The van der Waals surface area contributed by atoms with Gasteiger partial charge in [0.15, 0.2) is 0 Å². The molecule has 0 amide bonds. The Hall–Kier alpha value is -1.70. The van der Waals surface area contributed by atoms with E-state index in [-0.39, 0.29) is 10.5 Å². The maximum absolute atomic E-state index is 12.6. The smallest absolute Gasteiger partial charge is 0.339 e. The molecule has 1 atom stereocenters. The van der Waals surface area contributed by atoms with Gasteiger partial charge in [0.05, 0.1) is 17.6 Å². The van der Waals surface area contributed by atoms with Gasteiger partial charge in [0, 0.05) is 10.5 Å². The first-order valence-corrected chi connectivity index (χ1v) is 9.08. The van der Waals surface area contributed by atoms with Crippen molar-refractivity contribution in [1.29, 1.82) is 0 Å². The molecule has 5 nitrogen and oxygen atoms in total. The SMILES string of the molecule is COC(=O)c1ccccc1S(=O)(=O)NC(C)c1ccc(Br)cc1. The number of carbonyl (C=O) groups is 1. The Bertz CT molecular complexity index is 803. The second-order valence-electron chi connectivity index (χ2n) is 4.88. The average molecular weight is 398 g/mol. The number of ether oxygens (including phenoxy) is 1. The largest absolute Gasteiger partial charge is 0.465 e. The van der Waals surface area contributed by atoms with Crippen LogP contribution in [-0.4, -0.2) is 21.5 Å². The van der Waals surface area contributed by atoms with Crippen LogP contribution in [0.5, 0.6) is 0 Å². The maximum atomic E-state index is 12.6. The number of rotatable bonds is 5. The van der Waals surface area contributed by atoms with E-state index in [1.807, 2.05) is 24.3 Å². The zero-order valence-corrected chi connectivity index (χ0v) is 15.0. The summed E-state index contributed by atoms with van der Waals surface area (Å²) in [6, 6.07) is 12.8. The highest BCUT2D eigenvalue weighted by Crippen LogP contribution is 2.21. The van der Waals surface area contributed by atoms with Gasteiger partial charge in [0.1, 0.15) is 0 Å². The lowest BCUT2D eigenvalue weighted by molar-refractivity contribution is 0.0596. The Morgan fingerprint density at radius 1 is 1.13 bits per heavy atom. The number of esters is 1. The number of nitrogens with one attached hydrogen (secondary N) is 1. The highest BCUT2D eigenvalue weighted by molar-refractivity contribution is 9.10. The lowest BCUT2D eigenvalue weighted by atomic mass is 10.1. The van der Waals surface area contributed by atoms with Crippen molar-refractivity contribution in [3.63, 3.8) is 0 Å². The van der Waals surface area contributed by atoms with Crippen molar-refractivity contribution < 1.29 is 17.9 Å². The predicted molar refractivity (Wildman–Crippen MR) is 90.7 cm³/mol. The Balaban J connectivity index is 2.32. The number of methoxy groups -OCH3 is 1. The Morgan fingerprint density at radius 2 is 1.74 bits per heavy atom. The van der Waals surface area contributed by atoms with Gasteiger partial charge in [-0.1, -0.05) is 40.2 Å². The third kappa shape index (κ3) is 4.19. The molecule has 122 valence electrons. The Morgan fingerprint density at radius 3 is 2.35 bits per heavy atom. The fraction of sp³-hybridized carbons (Fsp3) is 0.188. The van der Waals surface area contributed by atoms with Crippen molar-refractivity contribution >= 4 is 31.9 Å². The molecule has 7 heteroatoms. The predicted octanol–water partition coefficient (Wildman–Crippen LogP) is 3.28. The van der Waals surface area contributed by atoms with Gasteiger partial charge in [-0.15, -0.1) is 0 Å². The molecule has 0 radical (unpaired) electrons. The summed E-state index contributed by atoms with van der Waals surface area (Å²) in [6.45, 7) is 1.74. The molecule has 2 aromatic rings. The van der Waals surface area contributed by atoms with E-state index in [1.54, 1.807) is 19.1 Å². The van der Waals surface area contributed by atoms with Crippen LogP contribution in [0.2, 0.25) is 0 Å². The molecule has 0 fully saturated rings. The monoisotopic (exact) mass is 397 g/mol. The minimum atomic E-state index is -3.87. The van der Waals surface area contributed by atoms with E-state index < -0.39 is 22.0 Å². The van der Waals surface area contributed by atoms with Crippen LogP contribution in [0.1, 0.15) is 28.9 Å². The molecular formula is C16H16BrNO4S. The van der Waals surface area contributed by atoms with E-state index in [9.17, 15) is 13.2 Å². The van der Waals surface area contributed by atoms with E-state index in [2.05, 4.69) is 25.4 Å². The number of hydrogen-bond donors (Lipinski definition) is 1. The second kappa shape index (κ2) is 7.25. The van der Waals surface area contributed by atoms with Crippen LogP contribution in [0.15, 0.2) is 57.9 Å². The van der Waals surface area contributed by atoms with Crippen LogP contribution in [0.4, 0.5) is 0 Å². The van der Waals surface area contributed by atoms with Crippen LogP contribution in [-0.2, 0) is 14.8 Å². The molecule has 0 saturated heterocycles. The molecule has 0 saturated carbocycles. The van der Waals surface area contributed by atoms with E-state index in [0.717, 1.165) is 10.0 Å². The van der Waals surface area contributed by atoms with Crippen molar-refractivity contribution in [3.05, 3.63) is 64.1 Å². The molecule has 0 heterocycles. The lowest BCUT2D eigenvalue weighted by Crippen LogP contribution is -2.28. The van der Waals surface area contributed by atoms with Gasteiger partial charge in [-0.2, -0.15) is 0 Å². The fourth-order valence-corrected chi connectivity index (χ4v) is 3.79. The number of halogens is 1. The third-order valence-corrected chi connectivity index (χ3v) is 5.41. The summed E-state index contributed by atoms with van der Waals surface area (Å²) in [7, 11) is -2.65. The van der Waals surface area contributed by atoms with Gasteiger partial charge in [0.25, 0.3) is 0 Å². The Kier molecular flexibility index (Phi) is 5.56. The minimum absolute atomic E-state index is 0.00510. The topological polar surface area (TPSA) is 72.5 Å². The van der Waals surface area contributed by atoms with Gasteiger partial charge >= 0.3 is 5.97 Å². The van der Waals surface area contributed by atoms with Crippen molar-refractivity contribution in [2.75, 3.05) is 7.11 Å². The van der Waals surface area contributed by atoms with E-state index in [0.29, 0.717) is 0 Å². The molecule has 1 N–H and O–H groups in total. The van der Waals surface area contributed by atoms with Crippen molar-refractivity contribution in [3.8, 4) is 0 Å². The first-order valence-electron chi connectivity index (χ1n) is 6.80. The summed E-state index contributed by atoms with van der Waals surface area (Å²) in [5, 5.41) is 0. The fourth-order valence-electron chi connectivity index (χ4n) is 2.10. The molecule has 0 aliphatic heterocycles. The normalized spacial score (nSPS) is 12.7. The summed E-state index contributed by atoms with van der Waals surface area (Å²) in [4.78, 5) is 11.7. The van der Waals surface area contributed by atoms with Gasteiger partial charge < -0.3 is 4.74 Å². The van der Waals surface area contributed by atoms with Gasteiger partial charge in [0.2, 0.25) is 10.0 Å². The highest BCUT2D eigenvalue weighted by atomic mass is 79.9. The molecular weight excluding hydrogens is 382 g/mol. The number of carbonyl (C=O) groups excluding carboxylic acids is 1. The van der Waals surface area contributed by atoms with E-state index >= 15 is 0 Å². The molecule has 0 bridgehead atoms. The first-order chi connectivity index (χ1) is 10.8. The molecule has 0 aromatic heterocycles. The van der Waals surface area contributed by atoms with Crippen LogP contribution in [0.3, 0.4) is 0 Å². The van der Waals surface area contributed by atoms with Crippen molar-refractivity contribution in [2.45, 2.75) is 17.9 Å². The summed E-state index contributed by atoms with van der Waals surface area (Å²) in [5.41, 5.74) is 0.817. The lowest BCUT2D eigenvalue weighted by Gasteiger charge is -2.16. The molecule has 2 aromatic carbocycles. The highest BCUT2D eigenvalue weighted by Gasteiger charge is 2.24. The van der Waals surface area contributed by atoms with Crippen LogP contribution >= 0.6 is 15.9 Å². The quantitative estimate of drug-likeness (QED) is 0.785. The van der Waals surface area contributed by atoms with Crippen LogP contribution < -0.4 is 4.72 Å². The molecule has 0 aliphatic carbocycles. The molecule has 2 rings (SSSR count). The molecule has 0 aliphatic rings. The summed E-state index contributed by atoms with van der Waals surface area (Å²) in [6.07, 6.45) is 0. The molecule has 1 unspecified atom stereocenters. The minimum Gasteiger partial charge on any atom is -0.465 e. The van der Waals surface area contributed by atoms with E-state index in [4.69, 9.17) is 0 Å². The standard InChI is InChI=1S/C16H16BrNO4S/c1-11(12-7-9-13(17)10-8-12)18-23(20,21)15-6-4-3-5-14(15)16(19)22-2/h3-11,18H,1-2H3. The van der Waals surface area contributed by atoms with Crippen LogP contribution in [0, 0.1) is 0 Å². The first kappa shape index (κ1) is 17.7. The van der Waals surface area contributed by atoms with Crippen molar-refractivity contribution in [2.24, 2.45) is 0 Å². The number of sulfonamides is 1. The number of hydrogen-bond acceptors (Lipinski definition) is 4. The Labute approximate surface area is 143 Å². The third-order valence-electron chi connectivity index (χ3n) is 3.28. The van der Waals surface area contributed by atoms with Gasteiger partial charge in [-0.3, -0.25) is 0 Å². The maximum Gasteiger partial charge on any atom is 0.339 e. The van der Waals surface area contributed by atoms with Gasteiger partial charge in [-0.25, -0.2) is 17.9 Å². The van der Waals surface area contributed by atoms with E-state index in [1.165, 1.54) is 19.2 Å². The zero-order chi connectivity index (χ0) is 17.0. The second-order valence-corrected chi connectivity index (χ2v) is 7.48. The van der Waals surface area contributed by atoms with Crippen molar-refractivity contribution in [1.82, 2.24) is 4.72 Å². The summed E-state index contributed by atoms with van der Waals surface area (Å²) < 4.78 is 33.3. The average Bonchev–Trinajstić information content (AvgIpc) is 2.54. The zero-order valence-electron chi connectivity index (χ0n) is 12.6. The van der Waals surface area contributed by atoms with Gasteiger partial charge in [-0.05, 0) is 36.8 Å². The molecule has 0 spiro atoms. The summed E-state index contributed by atoms with van der Waals surface area (Å²) >= 11 is 3.34. The van der Waals surface area contributed by atoms with Crippen LogP contribution in [0.25, 0.3) is 0 Å². The number of benzene rings is 2. The summed E-state index contributed by atoms with van der Waals surface area (Å²) in [5.74, 6) is -0.692.